The molecule has 1 aliphatic heterocycles. The van der Waals surface area contributed by atoms with Gasteiger partial charge in [0.25, 0.3) is 0 Å². The Kier molecular flexibility index (Phi) is 3.97. The Morgan fingerprint density at radius 2 is 2.12 bits per heavy atom. The van der Waals surface area contributed by atoms with Crippen LogP contribution in [0.2, 0.25) is 0 Å². The van der Waals surface area contributed by atoms with E-state index in [4.69, 9.17) is 4.74 Å². The Hall–Kier alpha value is -0.860. The van der Waals surface area contributed by atoms with Gasteiger partial charge in [0, 0.05) is 12.6 Å². The molecule has 2 rings (SSSR count). The smallest absolute Gasteiger partial charge is 0.0757 e. The number of ether oxygens (including phenoxy) is 1. The van der Waals surface area contributed by atoms with Crippen LogP contribution in [-0.2, 0) is 11.2 Å². The van der Waals surface area contributed by atoms with E-state index in [2.05, 4.69) is 42.6 Å². The van der Waals surface area contributed by atoms with Gasteiger partial charge in [-0.1, -0.05) is 37.3 Å². The van der Waals surface area contributed by atoms with Crippen LogP contribution >= 0.6 is 0 Å². The van der Waals surface area contributed by atoms with Crippen LogP contribution in [0, 0.1) is 5.92 Å². The fourth-order valence-electron chi connectivity index (χ4n) is 2.48. The van der Waals surface area contributed by atoms with Gasteiger partial charge in [-0.2, -0.15) is 0 Å². The number of benzene rings is 1. The first-order valence-corrected chi connectivity index (χ1v) is 6.14. The van der Waals surface area contributed by atoms with Gasteiger partial charge in [0.05, 0.1) is 6.10 Å². The molecule has 0 aromatic heterocycles. The monoisotopic (exact) mass is 219 g/mol. The van der Waals surface area contributed by atoms with E-state index >= 15 is 0 Å². The molecular formula is C14H21NO. The topological polar surface area (TPSA) is 21.3 Å². The van der Waals surface area contributed by atoms with Gasteiger partial charge in [-0.25, -0.2) is 0 Å². The van der Waals surface area contributed by atoms with E-state index in [0.29, 0.717) is 18.1 Å². The fraction of sp³-hybridized carbons (Fsp3) is 0.571. The number of likely N-dealkylation sites (N-methyl/N-ethyl adjacent to an activating group) is 1. The molecule has 88 valence electrons. The van der Waals surface area contributed by atoms with Gasteiger partial charge < -0.3 is 10.1 Å². The lowest BCUT2D eigenvalue weighted by atomic mass is 9.93. The summed E-state index contributed by atoms with van der Waals surface area (Å²) in [6, 6.07) is 11.1. The van der Waals surface area contributed by atoms with Crippen LogP contribution in [0.3, 0.4) is 0 Å². The van der Waals surface area contributed by atoms with Crippen molar-refractivity contribution in [3.8, 4) is 0 Å². The quantitative estimate of drug-likeness (QED) is 0.838. The van der Waals surface area contributed by atoms with Crippen molar-refractivity contribution in [1.29, 1.82) is 0 Å². The number of rotatable bonds is 4. The molecule has 3 atom stereocenters. The first-order valence-electron chi connectivity index (χ1n) is 6.14. The van der Waals surface area contributed by atoms with Gasteiger partial charge in [0.15, 0.2) is 0 Å². The normalized spacial score (nSPS) is 26.9. The molecule has 1 fully saturated rings. The molecule has 2 nitrogen and oxygen atoms in total. The highest BCUT2D eigenvalue weighted by molar-refractivity contribution is 5.16. The van der Waals surface area contributed by atoms with Crippen LogP contribution in [0.1, 0.15) is 18.9 Å². The Balaban J connectivity index is 2.00. The summed E-state index contributed by atoms with van der Waals surface area (Å²) in [5.74, 6) is 0.668. The number of hydrogen-bond acceptors (Lipinski definition) is 2. The van der Waals surface area contributed by atoms with Crippen molar-refractivity contribution in [2.45, 2.75) is 31.9 Å². The van der Waals surface area contributed by atoms with Crippen LogP contribution in [0.5, 0.6) is 0 Å². The third-order valence-electron chi connectivity index (χ3n) is 3.51. The highest BCUT2D eigenvalue weighted by Crippen LogP contribution is 2.24. The van der Waals surface area contributed by atoms with E-state index in [0.717, 1.165) is 13.0 Å². The molecule has 1 saturated heterocycles. The zero-order chi connectivity index (χ0) is 11.4. The molecule has 1 N–H and O–H groups in total. The molecule has 0 saturated carbocycles. The van der Waals surface area contributed by atoms with Gasteiger partial charge in [-0.05, 0) is 31.4 Å². The molecule has 0 aliphatic carbocycles. The molecule has 1 aromatic carbocycles. The lowest BCUT2D eigenvalue weighted by Gasteiger charge is -2.25. The second-order valence-electron chi connectivity index (χ2n) is 4.69. The van der Waals surface area contributed by atoms with Crippen LogP contribution < -0.4 is 5.32 Å². The molecule has 0 amide bonds. The van der Waals surface area contributed by atoms with E-state index in [1.54, 1.807) is 0 Å². The minimum absolute atomic E-state index is 0.366. The van der Waals surface area contributed by atoms with Gasteiger partial charge in [-0.3, -0.25) is 0 Å². The van der Waals surface area contributed by atoms with E-state index in [-0.39, 0.29) is 0 Å². The highest BCUT2D eigenvalue weighted by atomic mass is 16.5. The minimum Gasteiger partial charge on any atom is -0.376 e. The van der Waals surface area contributed by atoms with E-state index in [9.17, 15) is 0 Å². The molecule has 1 aromatic rings. The summed E-state index contributed by atoms with van der Waals surface area (Å²) < 4.78 is 5.83. The third-order valence-corrected chi connectivity index (χ3v) is 3.51. The molecule has 0 spiro atoms. The molecule has 1 aliphatic rings. The molecule has 3 unspecified atom stereocenters. The number of nitrogens with one attached hydrogen (secondary N) is 1. The van der Waals surface area contributed by atoms with E-state index < -0.39 is 0 Å². The summed E-state index contributed by atoms with van der Waals surface area (Å²) in [5.41, 5.74) is 1.38. The maximum atomic E-state index is 5.83. The molecular weight excluding hydrogens is 198 g/mol. The Bertz CT molecular complexity index is 312. The minimum atomic E-state index is 0.366. The standard InChI is InChI=1S/C14H21NO/c1-11-8-9-16-14(11)13(15-2)10-12-6-4-3-5-7-12/h3-7,11,13-15H,8-10H2,1-2H3. The Morgan fingerprint density at radius 1 is 1.38 bits per heavy atom. The summed E-state index contributed by atoms with van der Waals surface area (Å²) >= 11 is 0. The van der Waals surface area contributed by atoms with Crippen molar-refractivity contribution >= 4 is 0 Å². The largest absolute Gasteiger partial charge is 0.376 e. The van der Waals surface area contributed by atoms with E-state index in [1.165, 1.54) is 12.0 Å². The molecule has 0 bridgehead atoms. The average Bonchev–Trinajstić information content (AvgIpc) is 2.74. The lowest BCUT2D eigenvalue weighted by molar-refractivity contribution is 0.0634. The summed E-state index contributed by atoms with van der Waals surface area (Å²) in [6.07, 6.45) is 2.61. The van der Waals surface area contributed by atoms with Crippen molar-refractivity contribution in [3.05, 3.63) is 35.9 Å². The predicted octanol–water partition coefficient (Wildman–Crippen LogP) is 2.24. The van der Waals surface area contributed by atoms with Gasteiger partial charge in [0.1, 0.15) is 0 Å². The van der Waals surface area contributed by atoms with Gasteiger partial charge in [-0.15, -0.1) is 0 Å². The Labute approximate surface area is 98.0 Å². The first kappa shape index (κ1) is 11.6. The molecule has 1 heterocycles. The summed E-state index contributed by atoms with van der Waals surface area (Å²) in [6.45, 7) is 3.20. The van der Waals surface area contributed by atoms with Crippen LogP contribution in [-0.4, -0.2) is 25.8 Å². The maximum absolute atomic E-state index is 5.83. The summed E-state index contributed by atoms with van der Waals surface area (Å²) in [4.78, 5) is 0. The van der Waals surface area contributed by atoms with Crippen LogP contribution in [0.4, 0.5) is 0 Å². The molecule has 16 heavy (non-hydrogen) atoms. The first-order chi connectivity index (χ1) is 7.81. The highest BCUT2D eigenvalue weighted by Gasteiger charge is 2.30. The van der Waals surface area contributed by atoms with E-state index in [1.807, 2.05) is 7.05 Å². The second-order valence-corrected chi connectivity index (χ2v) is 4.69. The lowest BCUT2D eigenvalue weighted by Crippen LogP contribution is -2.41. The predicted molar refractivity (Wildman–Crippen MR) is 66.5 cm³/mol. The zero-order valence-electron chi connectivity index (χ0n) is 10.1. The third kappa shape index (κ3) is 2.63. The van der Waals surface area contributed by atoms with Crippen molar-refractivity contribution in [3.63, 3.8) is 0 Å². The van der Waals surface area contributed by atoms with Gasteiger partial charge in [0.2, 0.25) is 0 Å². The maximum Gasteiger partial charge on any atom is 0.0757 e. The summed E-state index contributed by atoms with van der Waals surface area (Å²) in [5, 5.41) is 3.40. The summed E-state index contributed by atoms with van der Waals surface area (Å²) in [7, 11) is 2.03. The average molecular weight is 219 g/mol. The molecule has 0 radical (unpaired) electrons. The van der Waals surface area contributed by atoms with Crippen molar-refractivity contribution in [1.82, 2.24) is 5.32 Å². The van der Waals surface area contributed by atoms with Gasteiger partial charge >= 0.3 is 0 Å². The van der Waals surface area contributed by atoms with Crippen molar-refractivity contribution < 1.29 is 4.74 Å². The fourth-order valence-corrected chi connectivity index (χ4v) is 2.48. The van der Waals surface area contributed by atoms with Crippen molar-refractivity contribution in [2.75, 3.05) is 13.7 Å². The number of hydrogen-bond donors (Lipinski definition) is 1. The molecule has 2 heteroatoms. The SMILES string of the molecule is CNC(Cc1ccccc1)C1OCCC1C. The second kappa shape index (κ2) is 5.46. The Morgan fingerprint density at radius 3 is 2.69 bits per heavy atom. The van der Waals surface area contributed by atoms with Crippen LogP contribution in [0.25, 0.3) is 0 Å². The van der Waals surface area contributed by atoms with Crippen molar-refractivity contribution in [2.24, 2.45) is 5.92 Å². The van der Waals surface area contributed by atoms with Crippen LogP contribution in [0.15, 0.2) is 30.3 Å². The zero-order valence-corrected chi connectivity index (χ0v) is 10.1.